The second kappa shape index (κ2) is 18.2. The predicted molar refractivity (Wildman–Crippen MR) is 229 cm³/mol. The van der Waals surface area contributed by atoms with Gasteiger partial charge in [-0.25, -0.2) is 36.4 Å². The number of urea groups is 2. The smallest absolute Gasteiger partial charge is 0.416 e. The first-order valence-corrected chi connectivity index (χ1v) is 21.7. The lowest BCUT2D eigenvalue weighted by Crippen LogP contribution is -2.52. The molecular weight excluding hydrogens is 860 g/mol. The Morgan fingerprint density at radius 1 is 0.603 bits per heavy atom. The molecule has 0 fully saturated rings. The molecule has 0 aliphatic carbocycles. The largest absolute Gasteiger partial charge is 0.497 e. The van der Waals surface area contributed by atoms with Gasteiger partial charge in [-0.15, -0.1) is 0 Å². The summed E-state index contributed by atoms with van der Waals surface area (Å²) < 4.78 is 100.0. The number of sulfonamides is 1. The fourth-order valence-electron chi connectivity index (χ4n) is 6.25. The third-order valence-corrected chi connectivity index (χ3v) is 12.7. The standard InChI is InChI=1S/C44H36F3N7O7S2/c1-61-38-16-6-33-25-41(17-7-32(33)24-38)62(57,58)39-18-12-35(13-19-39)50-42(55)53(28-30-4-2-22-48-26-30)54(29-31-5-3-23-49-27-31)43(56)51-36-14-20-40(21-15-36)63(59,60)52-37-10-8-34(9-11-37)44(45,46)47/h2-27,52H,28-29H2,1H3,(H,50,55)(H,51,56). The molecule has 2 aromatic heterocycles. The van der Waals surface area contributed by atoms with E-state index in [1.807, 2.05) is 0 Å². The van der Waals surface area contributed by atoms with Crippen molar-refractivity contribution in [2.45, 2.75) is 34.0 Å². The molecule has 0 aliphatic heterocycles. The molecule has 7 rings (SSSR count). The number of hydrogen-bond acceptors (Lipinski definition) is 9. The molecule has 0 atom stereocenters. The fourth-order valence-corrected chi connectivity index (χ4v) is 8.60. The quantitative estimate of drug-likeness (QED) is 0.101. The fraction of sp³-hybridized carbons (Fsp3) is 0.0909. The van der Waals surface area contributed by atoms with Gasteiger partial charge in [0, 0.05) is 41.8 Å². The molecule has 19 heteroatoms. The number of ether oxygens (including phenoxy) is 1. The number of fused-ring (bicyclic) bond motifs is 1. The van der Waals surface area contributed by atoms with E-state index >= 15 is 0 Å². The zero-order chi connectivity index (χ0) is 44.8. The maximum Gasteiger partial charge on any atom is 0.416 e. The molecule has 7 aromatic rings. The molecule has 0 saturated heterocycles. The lowest BCUT2D eigenvalue weighted by molar-refractivity contribution is -0.137. The van der Waals surface area contributed by atoms with Crippen molar-refractivity contribution in [3.05, 3.63) is 175 Å². The SMILES string of the molecule is COc1ccc2cc(S(=O)(=O)c3ccc(NC(=O)N(Cc4cccnc4)N(Cc4cccnc4)C(=O)Nc4ccc(S(=O)(=O)Nc5ccc(C(F)(F)F)cc5)cc4)cc3)ccc2c1. The van der Waals surface area contributed by atoms with Crippen molar-refractivity contribution in [3.63, 3.8) is 0 Å². The van der Waals surface area contributed by atoms with Gasteiger partial charge in [0.25, 0.3) is 10.0 Å². The van der Waals surface area contributed by atoms with Crippen LogP contribution in [0.2, 0.25) is 0 Å². The Balaban J connectivity index is 1.12. The zero-order valence-electron chi connectivity index (χ0n) is 33.0. The number of aromatic nitrogens is 2. The summed E-state index contributed by atoms with van der Waals surface area (Å²) in [5.41, 5.74) is 0.389. The number of anilines is 3. The molecule has 4 amide bonds. The molecule has 5 aromatic carbocycles. The Morgan fingerprint density at radius 2 is 1.08 bits per heavy atom. The van der Waals surface area contributed by atoms with Crippen molar-refractivity contribution >= 4 is 59.8 Å². The summed E-state index contributed by atoms with van der Waals surface area (Å²) in [6.07, 6.45) is 1.51. The van der Waals surface area contributed by atoms with Crippen LogP contribution in [0.25, 0.3) is 10.8 Å². The number of halogens is 3. The van der Waals surface area contributed by atoms with Crippen LogP contribution in [0, 0.1) is 0 Å². The van der Waals surface area contributed by atoms with Crippen molar-refractivity contribution in [3.8, 4) is 5.75 Å². The number of methoxy groups -OCH3 is 1. The second-order valence-corrected chi connectivity index (χ2v) is 17.4. The van der Waals surface area contributed by atoms with Crippen LogP contribution in [-0.2, 0) is 39.1 Å². The Labute approximate surface area is 359 Å². The van der Waals surface area contributed by atoms with Gasteiger partial charge in [0.05, 0.1) is 40.4 Å². The topological polar surface area (TPSA) is 180 Å². The van der Waals surface area contributed by atoms with Gasteiger partial charge in [0.2, 0.25) is 9.84 Å². The van der Waals surface area contributed by atoms with E-state index in [0.29, 0.717) is 22.3 Å². The van der Waals surface area contributed by atoms with Crippen LogP contribution in [-0.4, -0.2) is 56.0 Å². The summed E-state index contributed by atoms with van der Waals surface area (Å²) >= 11 is 0. The van der Waals surface area contributed by atoms with Crippen molar-refractivity contribution < 1.29 is 44.3 Å². The number of benzene rings is 5. The molecule has 0 spiro atoms. The summed E-state index contributed by atoms with van der Waals surface area (Å²) in [5.74, 6) is 0.634. The molecule has 0 saturated carbocycles. The molecule has 0 radical (unpaired) electrons. The highest BCUT2D eigenvalue weighted by Gasteiger charge is 2.31. The summed E-state index contributed by atoms with van der Waals surface area (Å²) in [6.45, 7) is -0.340. The van der Waals surface area contributed by atoms with Crippen LogP contribution in [0.1, 0.15) is 16.7 Å². The first-order valence-electron chi connectivity index (χ1n) is 18.8. The Morgan fingerprint density at radius 3 is 1.57 bits per heavy atom. The first-order chi connectivity index (χ1) is 30.1. The van der Waals surface area contributed by atoms with Crippen molar-refractivity contribution in [2.24, 2.45) is 0 Å². The lowest BCUT2D eigenvalue weighted by atomic mass is 10.1. The number of pyridine rings is 2. The van der Waals surface area contributed by atoms with E-state index in [2.05, 4.69) is 25.3 Å². The number of hydrogen-bond donors (Lipinski definition) is 3. The highest BCUT2D eigenvalue weighted by atomic mass is 32.2. The van der Waals surface area contributed by atoms with E-state index in [0.717, 1.165) is 39.7 Å². The highest BCUT2D eigenvalue weighted by Crippen LogP contribution is 2.31. The van der Waals surface area contributed by atoms with Gasteiger partial charge in [0.15, 0.2) is 0 Å². The minimum Gasteiger partial charge on any atom is -0.497 e. The Kier molecular flexibility index (Phi) is 12.6. The summed E-state index contributed by atoms with van der Waals surface area (Å²) in [6, 6.07) is 29.2. The van der Waals surface area contributed by atoms with E-state index in [1.165, 1.54) is 73.2 Å². The van der Waals surface area contributed by atoms with Crippen LogP contribution in [0.15, 0.2) is 173 Å². The minimum absolute atomic E-state index is 0.0210. The van der Waals surface area contributed by atoms with Crippen LogP contribution in [0.4, 0.5) is 39.8 Å². The normalized spacial score (nSPS) is 11.7. The number of carbonyl (C=O) groups excluding carboxylic acids is 2. The zero-order valence-corrected chi connectivity index (χ0v) is 34.7. The van der Waals surface area contributed by atoms with Gasteiger partial charge >= 0.3 is 18.2 Å². The maximum atomic E-state index is 14.3. The summed E-state index contributed by atoms with van der Waals surface area (Å²) in [4.78, 5) is 36.5. The third kappa shape index (κ3) is 10.5. The van der Waals surface area contributed by atoms with Gasteiger partial charge < -0.3 is 15.4 Å². The van der Waals surface area contributed by atoms with Crippen molar-refractivity contribution in [1.82, 2.24) is 20.0 Å². The average molecular weight is 896 g/mol. The van der Waals surface area contributed by atoms with Gasteiger partial charge in [-0.05, 0) is 131 Å². The molecule has 14 nitrogen and oxygen atoms in total. The average Bonchev–Trinajstić information content (AvgIpc) is 3.28. The third-order valence-electron chi connectivity index (χ3n) is 9.50. The minimum atomic E-state index is -4.60. The number of nitrogens with one attached hydrogen (secondary N) is 3. The first kappa shape index (κ1) is 43.6. The lowest BCUT2D eigenvalue weighted by Gasteiger charge is -2.35. The summed E-state index contributed by atoms with van der Waals surface area (Å²) in [5, 5.41) is 9.18. The molecule has 0 bridgehead atoms. The van der Waals surface area contributed by atoms with Crippen LogP contribution >= 0.6 is 0 Å². The Bertz CT molecular complexity index is 2970. The van der Waals surface area contributed by atoms with Gasteiger partial charge in [0.1, 0.15) is 5.75 Å². The van der Waals surface area contributed by atoms with E-state index in [-0.39, 0.29) is 44.8 Å². The number of rotatable bonds is 12. The number of nitrogens with zero attached hydrogens (tertiary/aromatic N) is 4. The number of amides is 4. The van der Waals surface area contributed by atoms with Crippen LogP contribution in [0.5, 0.6) is 5.75 Å². The van der Waals surface area contributed by atoms with E-state index in [4.69, 9.17) is 4.74 Å². The molecule has 3 N–H and O–H groups in total. The molecule has 322 valence electrons. The van der Waals surface area contributed by atoms with Crippen molar-refractivity contribution in [1.29, 1.82) is 0 Å². The molecule has 2 heterocycles. The number of hydrazine groups is 1. The van der Waals surface area contributed by atoms with Gasteiger partial charge in [-0.3, -0.25) is 14.7 Å². The molecule has 63 heavy (non-hydrogen) atoms. The Hall–Kier alpha value is -7.51. The van der Waals surface area contributed by atoms with Gasteiger partial charge in [-0.2, -0.15) is 13.2 Å². The van der Waals surface area contributed by atoms with E-state index in [1.54, 1.807) is 67.9 Å². The number of carbonyl (C=O) groups is 2. The number of alkyl halides is 3. The van der Waals surface area contributed by atoms with Crippen LogP contribution in [0.3, 0.4) is 0 Å². The monoisotopic (exact) mass is 895 g/mol. The highest BCUT2D eigenvalue weighted by molar-refractivity contribution is 7.92. The molecular formula is C44H36F3N7O7S2. The summed E-state index contributed by atoms with van der Waals surface area (Å²) in [7, 11) is -6.68. The second-order valence-electron chi connectivity index (χ2n) is 13.8. The van der Waals surface area contributed by atoms with E-state index < -0.39 is 43.7 Å². The predicted octanol–water partition coefficient (Wildman–Crippen LogP) is 8.97. The van der Waals surface area contributed by atoms with Crippen molar-refractivity contribution in [2.75, 3.05) is 22.5 Å². The molecule has 0 aliphatic rings. The molecule has 0 unspecified atom stereocenters. The van der Waals surface area contributed by atoms with Crippen LogP contribution < -0.4 is 20.1 Å². The maximum absolute atomic E-state index is 14.3. The van der Waals surface area contributed by atoms with E-state index in [9.17, 15) is 39.6 Å². The number of sulfone groups is 1. The van der Waals surface area contributed by atoms with Gasteiger partial charge in [-0.1, -0.05) is 24.3 Å².